The highest BCUT2D eigenvalue weighted by Gasteiger charge is 2.21. The summed E-state index contributed by atoms with van der Waals surface area (Å²) in [6.07, 6.45) is 0.625. The number of aryl methyl sites for hydroxylation is 1. The van der Waals surface area contributed by atoms with E-state index in [1.807, 2.05) is 13.8 Å². The van der Waals surface area contributed by atoms with Crippen molar-refractivity contribution in [3.8, 4) is 0 Å². The van der Waals surface area contributed by atoms with E-state index in [4.69, 9.17) is 14.2 Å². The SMILES string of the molecule is CC.CCOC(=O)CCCn1nc(C(=O)OCC)cc1C(=O)OCC. The predicted octanol–water partition coefficient (Wildman–Crippen LogP) is 2.61. The molecule has 0 bridgehead atoms. The first-order valence-electron chi connectivity index (χ1n) is 8.61. The van der Waals surface area contributed by atoms with Gasteiger partial charge in [-0.3, -0.25) is 9.48 Å². The lowest BCUT2D eigenvalue weighted by Crippen LogP contribution is -2.14. The maximum atomic E-state index is 11.9. The van der Waals surface area contributed by atoms with Gasteiger partial charge in [-0.25, -0.2) is 9.59 Å². The summed E-state index contributed by atoms with van der Waals surface area (Å²) >= 11 is 0. The van der Waals surface area contributed by atoms with Crippen LogP contribution in [0, 0.1) is 0 Å². The first-order chi connectivity index (χ1) is 12.0. The third-order valence-corrected chi connectivity index (χ3v) is 2.81. The number of hydrogen-bond donors (Lipinski definition) is 0. The number of carbonyl (C=O) groups is 3. The Morgan fingerprint density at radius 2 is 1.52 bits per heavy atom. The average Bonchev–Trinajstić information content (AvgIpc) is 3.02. The molecule has 0 atom stereocenters. The molecular formula is C17H28N2O6. The summed E-state index contributed by atoms with van der Waals surface area (Å²) in [6, 6.07) is 1.33. The van der Waals surface area contributed by atoms with E-state index in [9.17, 15) is 14.4 Å². The molecule has 0 saturated heterocycles. The van der Waals surface area contributed by atoms with Gasteiger partial charge >= 0.3 is 17.9 Å². The molecule has 142 valence electrons. The lowest BCUT2D eigenvalue weighted by Gasteiger charge is -2.06. The number of esters is 3. The van der Waals surface area contributed by atoms with Gasteiger partial charge in [0.15, 0.2) is 5.69 Å². The smallest absolute Gasteiger partial charge is 0.358 e. The number of hydrogen-bond acceptors (Lipinski definition) is 7. The number of carbonyl (C=O) groups excluding carboxylic acids is 3. The second kappa shape index (κ2) is 13.0. The van der Waals surface area contributed by atoms with Crippen LogP contribution in [0.3, 0.4) is 0 Å². The summed E-state index contributed by atoms with van der Waals surface area (Å²) in [5.41, 5.74) is 0.185. The zero-order valence-corrected chi connectivity index (χ0v) is 15.7. The van der Waals surface area contributed by atoms with Crippen LogP contribution in [0.5, 0.6) is 0 Å². The standard InChI is InChI=1S/C15H22N2O6.C2H6/c1-4-21-13(18)8-7-9-17-12(15(20)23-6-3)10-11(16-17)14(19)22-5-2;1-2/h10H,4-9H2,1-3H3;1-2H3. The maximum Gasteiger partial charge on any atom is 0.358 e. The van der Waals surface area contributed by atoms with Crippen molar-refractivity contribution in [2.45, 2.75) is 54.0 Å². The Morgan fingerprint density at radius 3 is 2.08 bits per heavy atom. The van der Waals surface area contributed by atoms with Gasteiger partial charge in [0.05, 0.1) is 19.8 Å². The van der Waals surface area contributed by atoms with Crippen LogP contribution >= 0.6 is 0 Å². The van der Waals surface area contributed by atoms with Crippen molar-refractivity contribution in [1.29, 1.82) is 0 Å². The Labute approximate surface area is 148 Å². The molecule has 1 aromatic rings. The Balaban J connectivity index is 0.00000277. The van der Waals surface area contributed by atoms with Crippen LogP contribution in [0.1, 0.15) is 68.4 Å². The minimum atomic E-state index is -0.609. The lowest BCUT2D eigenvalue weighted by molar-refractivity contribution is -0.143. The molecule has 8 nitrogen and oxygen atoms in total. The highest BCUT2D eigenvalue weighted by atomic mass is 16.5. The van der Waals surface area contributed by atoms with Gasteiger partial charge in [0.2, 0.25) is 0 Å². The van der Waals surface area contributed by atoms with Crippen LogP contribution in [0.2, 0.25) is 0 Å². The summed E-state index contributed by atoms with van der Waals surface area (Å²) in [4.78, 5) is 35.0. The van der Waals surface area contributed by atoms with Crippen LogP contribution in [-0.2, 0) is 25.5 Å². The van der Waals surface area contributed by atoms with Gasteiger partial charge in [-0.05, 0) is 27.2 Å². The van der Waals surface area contributed by atoms with Gasteiger partial charge in [0.25, 0.3) is 0 Å². The number of nitrogens with zero attached hydrogens (tertiary/aromatic N) is 2. The monoisotopic (exact) mass is 356 g/mol. The fourth-order valence-corrected chi connectivity index (χ4v) is 1.87. The van der Waals surface area contributed by atoms with Gasteiger partial charge in [-0.2, -0.15) is 5.10 Å². The first-order valence-corrected chi connectivity index (χ1v) is 8.61. The van der Waals surface area contributed by atoms with Crippen LogP contribution in [0.25, 0.3) is 0 Å². The zero-order valence-electron chi connectivity index (χ0n) is 15.7. The van der Waals surface area contributed by atoms with Crippen molar-refractivity contribution < 1.29 is 28.6 Å². The lowest BCUT2D eigenvalue weighted by atomic mass is 10.3. The molecule has 0 N–H and O–H groups in total. The Kier molecular flexibility index (Phi) is 11.7. The zero-order chi connectivity index (χ0) is 19.2. The molecule has 0 unspecified atom stereocenters. The van der Waals surface area contributed by atoms with Crippen molar-refractivity contribution in [3.05, 3.63) is 17.5 Å². The van der Waals surface area contributed by atoms with E-state index in [0.29, 0.717) is 13.0 Å². The van der Waals surface area contributed by atoms with E-state index in [-0.39, 0.29) is 43.5 Å². The van der Waals surface area contributed by atoms with Crippen molar-refractivity contribution in [2.75, 3.05) is 19.8 Å². The predicted molar refractivity (Wildman–Crippen MR) is 91.4 cm³/mol. The van der Waals surface area contributed by atoms with E-state index in [2.05, 4.69) is 5.10 Å². The fourth-order valence-electron chi connectivity index (χ4n) is 1.87. The molecule has 1 heterocycles. The molecule has 0 aliphatic rings. The van der Waals surface area contributed by atoms with Gasteiger partial charge in [-0.15, -0.1) is 0 Å². The normalized spacial score (nSPS) is 9.64. The molecule has 1 aromatic heterocycles. The molecule has 0 aromatic carbocycles. The molecule has 0 amide bonds. The van der Waals surface area contributed by atoms with E-state index < -0.39 is 11.9 Å². The molecule has 1 rings (SSSR count). The summed E-state index contributed by atoms with van der Waals surface area (Å²) in [5, 5.41) is 4.06. The molecule has 25 heavy (non-hydrogen) atoms. The van der Waals surface area contributed by atoms with Crippen molar-refractivity contribution in [1.82, 2.24) is 9.78 Å². The highest BCUT2D eigenvalue weighted by Crippen LogP contribution is 2.10. The number of ether oxygens (including phenoxy) is 3. The Bertz CT molecular complexity index is 553. The van der Waals surface area contributed by atoms with Crippen molar-refractivity contribution in [3.63, 3.8) is 0 Å². The van der Waals surface area contributed by atoms with E-state index in [1.165, 1.54) is 10.7 Å². The minimum Gasteiger partial charge on any atom is -0.466 e. The van der Waals surface area contributed by atoms with Crippen molar-refractivity contribution in [2.24, 2.45) is 0 Å². The molecule has 0 aliphatic carbocycles. The molecule has 0 fully saturated rings. The van der Waals surface area contributed by atoms with Crippen LogP contribution in [0.15, 0.2) is 6.07 Å². The Morgan fingerprint density at radius 1 is 0.960 bits per heavy atom. The molecular weight excluding hydrogens is 328 g/mol. The first kappa shape index (κ1) is 22.6. The van der Waals surface area contributed by atoms with Crippen molar-refractivity contribution >= 4 is 17.9 Å². The summed E-state index contributed by atoms with van der Waals surface area (Å²) in [5.74, 6) is -1.50. The number of rotatable bonds is 9. The molecule has 0 radical (unpaired) electrons. The minimum absolute atomic E-state index is 0.0334. The van der Waals surface area contributed by atoms with Gasteiger partial charge < -0.3 is 14.2 Å². The third kappa shape index (κ3) is 7.82. The fraction of sp³-hybridized carbons (Fsp3) is 0.647. The molecule has 0 saturated carbocycles. The van der Waals surface area contributed by atoms with E-state index in [1.54, 1.807) is 20.8 Å². The second-order valence-electron chi connectivity index (χ2n) is 4.49. The van der Waals surface area contributed by atoms with Crippen LogP contribution in [-0.4, -0.2) is 47.5 Å². The van der Waals surface area contributed by atoms with Crippen LogP contribution < -0.4 is 0 Å². The average molecular weight is 356 g/mol. The van der Waals surface area contributed by atoms with E-state index >= 15 is 0 Å². The maximum absolute atomic E-state index is 11.9. The summed E-state index contributed by atoms with van der Waals surface area (Å²) < 4.78 is 16.0. The summed E-state index contributed by atoms with van der Waals surface area (Å²) in [6.45, 7) is 10.1. The van der Waals surface area contributed by atoms with Gasteiger partial charge in [0, 0.05) is 19.0 Å². The largest absolute Gasteiger partial charge is 0.466 e. The topological polar surface area (TPSA) is 96.7 Å². The van der Waals surface area contributed by atoms with Gasteiger partial charge in [-0.1, -0.05) is 13.8 Å². The van der Waals surface area contributed by atoms with Gasteiger partial charge in [0.1, 0.15) is 5.69 Å². The number of aromatic nitrogens is 2. The molecule has 8 heteroatoms. The third-order valence-electron chi connectivity index (χ3n) is 2.81. The highest BCUT2D eigenvalue weighted by molar-refractivity contribution is 5.93. The van der Waals surface area contributed by atoms with Crippen LogP contribution in [0.4, 0.5) is 0 Å². The second-order valence-corrected chi connectivity index (χ2v) is 4.49. The summed E-state index contributed by atoms with van der Waals surface area (Å²) in [7, 11) is 0. The molecule has 0 aliphatic heterocycles. The quantitative estimate of drug-likeness (QED) is 0.495. The molecule has 0 spiro atoms. The Hall–Kier alpha value is -2.38. The van der Waals surface area contributed by atoms with E-state index in [0.717, 1.165) is 0 Å².